The highest BCUT2D eigenvalue weighted by Gasteiger charge is 2.44. The first-order chi connectivity index (χ1) is 10.3. The van der Waals surface area contributed by atoms with E-state index in [9.17, 15) is 26.7 Å². The summed E-state index contributed by atoms with van der Waals surface area (Å²) < 4.78 is 71.6. The average Bonchev–Trinajstić information content (AvgIpc) is 2.32. The first-order valence-corrected chi connectivity index (χ1v) is 8.42. The number of fused-ring (bicyclic) bond motifs is 1. The Kier molecular flexibility index (Phi) is 4.29. The zero-order chi connectivity index (χ0) is 17.6. The van der Waals surface area contributed by atoms with Crippen molar-refractivity contribution in [1.29, 1.82) is 0 Å². The molecule has 2 N–H and O–H groups in total. The fourth-order valence-corrected chi connectivity index (χ4v) is 3.05. The predicted octanol–water partition coefficient (Wildman–Crippen LogP) is 1.71. The van der Waals surface area contributed by atoms with Gasteiger partial charge in [0.2, 0.25) is 10.0 Å². The van der Waals surface area contributed by atoms with Crippen molar-refractivity contribution in [3.63, 3.8) is 0 Å². The lowest BCUT2D eigenvalue weighted by Gasteiger charge is -2.42. The van der Waals surface area contributed by atoms with Gasteiger partial charge < -0.3 is 14.6 Å². The van der Waals surface area contributed by atoms with Gasteiger partial charge in [0.05, 0.1) is 12.3 Å². The summed E-state index contributed by atoms with van der Waals surface area (Å²) in [4.78, 5) is 0. The number of hydrogen-bond donors (Lipinski definition) is 2. The first-order valence-electron chi connectivity index (χ1n) is 6.52. The van der Waals surface area contributed by atoms with Gasteiger partial charge in [0, 0.05) is 5.56 Å². The summed E-state index contributed by atoms with van der Waals surface area (Å²) in [7, 11) is -3.73. The van der Waals surface area contributed by atoms with Gasteiger partial charge in [-0.1, -0.05) is 0 Å². The second kappa shape index (κ2) is 5.53. The first kappa shape index (κ1) is 17.8. The molecule has 0 aliphatic carbocycles. The molecule has 0 unspecified atom stereocenters. The molecule has 0 saturated heterocycles. The highest BCUT2D eigenvalue weighted by molar-refractivity contribution is 7.88. The Labute approximate surface area is 131 Å². The summed E-state index contributed by atoms with van der Waals surface area (Å²) in [6.07, 6.45) is -5.31. The second-order valence-electron chi connectivity index (χ2n) is 5.77. The van der Waals surface area contributed by atoms with Gasteiger partial charge in [-0.25, -0.2) is 13.1 Å². The molecule has 23 heavy (non-hydrogen) atoms. The van der Waals surface area contributed by atoms with Crippen LogP contribution in [0.2, 0.25) is 0 Å². The van der Waals surface area contributed by atoms with E-state index in [4.69, 9.17) is 4.74 Å². The molecule has 1 aromatic carbocycles. The van der Waals surface area contributed by atoms with Crippen LogP contribution in [-0.2, 0) is 10.0 Å². The van der Waals surface area contributed by atoms with Crippen LogP contribution in [0.15, 0.2) is 18.2 Å². The van der Waals surface area contributed by atoms with Crippen LogP contribution < -0.4 is 14.2 Å². The van der Waals surface area contributed by atoms with Crippen molar-refractivity contribution >= 4 is 10.0 Å². The van der Waals surface area contributed by atoms with Crippen LogP contribution in [-0.4, -0.2) is 37.8 Å². The molecule has 1 aliphatic heterocycles. The Morgan fingerprint density at radius 2 is 1.96 bits per heavy atom. The van der Waals surface area contributed by atoms with Gasteiger partial charge in [0.25, 0.3) is 0 Å². The maximum absolute atomic E-state index is 12.3. The summed E-state index contributed by atoms with van der Waals surface area (Å²) in [5.41, 5.74) is -1.08. The Bertz CT molecular complexity index is 702. The lowest BCUT2D eigenvalue weighted by atomic mass is 9.87. The lowest BCUT2D eigenvalue weighted by molar-refractivity contribution is -0.274. The maximum atomic E-state index is 12.3. The van der Waals surface area contributed by atoms with Gasteiger partial charge in [-0.05, 0) is 32.0 Å². The smallest absolute Gasteiger partial charge is 0.485 e. The number of halogens is 3. The quantitative estimate of drug-likeness (QED) is 0.862. The standard InChI is InChI=1S/C13H16F3NO5S/c1-12(2)11(18)10(17-23(3,19)20)8-6-7(21-13(14,15)16)4-5-9(8)22-12/h4-6,10-11,17-18H,1-3H3/t10-,11+/m1/s1. The van der Waals surface area contributed by atoms with E-state index in [0.29, 0.717) is 0 Å². The maximum Gasteiger partial charge on any atom is 0.573 e. The molecule has 2 rings (SSSR count). The van der Waals surface area contributed by atoms with Crippen LogP contribution in [0.25, 0.3) is 0 Å². The third kappa shape index (κ3) is 4.27. The molecular weight excluding hydrogens is 339 g/mol. The Hall–Kier alpha value is -1.52. The number of sulfonamides is 1. The van der Waals surface area contributed by atoms with Crippen molar-refractivity contribution in [3.8, 4) is 11.5 Å². The van der Waals surface area contributed by atoms with E-state index >= 15 is 0 Å². The van der Waals surface area contributed by atoms with Gasteiger partial charge in [-0.15, -0.1) is 13.2 Å². The molecule has 1 heterocycles. The third-order valence-corrected chi connectivity index (χ3v) is 3.97. The van der Waals surface area contributed by atoms with Gasteiger partial charge in [0.1, 0.15) is 23.2 Å². The molecule has 2 atom stereocenters. The van der Waals surface area contributed by atoms with E-state index in [1.807, 2.05) is 0 Å². The van der Waals surface area contributed by atoms with E-state index in [1.54, 1.807) is 0 Å². The van der Waals surface area contributed by atoms with Gasteiger partial charge in [-0.3, -0.25) is 0 Å². The van der Waals surface area contributed by atoms with Crippen LogP contribution >= 0.6 is 0 Å². The van der Waals surface area contributed by atoms with Crippen molar-refractivity contribution in [2.75, 3.05) is 6.26 Å². The van der Waals surface area contributed by atoms with Gasteiger partial charge in [0.15, 0.2) is 0 Å². The fraction of sp³-hybridized carbons (Fsp3) is 0.538. The predicted molar refractivity (Wildman–Crippen MR) is 74.6 cm³/mol. The monoisotopic (exact) mass is 355 g/mol. The Balaban J connectivity index is 2.49. The zero-order valence-electron chi connectivity index (χ0n) is 12.5. The summed E-state index contributed by atoms with van der Waals surface area (Å²) >= 11 is 0. The van der Waals surface area contributed by atoms with Crippen LogP contribution in [0.3, 0.4) is 0 Å². The molecule has 6 nitrogen and oxygen atoms in total. The molecule has 0 fully saturated rings. The molecule has 0 saturated carbocycles. The van der Waals surface area contributed by atoms with Crippen molar-refractivity contribution in [2.24, 2.45) is 0 Å². The molecule has 0 amide bonds. The molecular formula is C13H16F3NO5S. The second-order valence-corrected chi connectivity index (χ2v) is 7.55. The van der Waals surface area contributed by atoms with Crippen molar-refractivity contribution in [2.45, 2.75) is 38.0 Å². The molecule has 0 bridgehead atoms. The number of aliphatic hydroxyl groups is 1. The summed E-state index contributed by atoms with van der Waals surface area (Å²) in [6.45, 7) is 3.08. The molecule has 0 spiro atoms. The summed E-state index contributed by atoms with van der Waals surface area (Å²) in [5, 5.41) is 10.3. The number of ether oxygens (including phenoxy) is 2. The van der Waals surface area contributed by atoms with E-state index < -0.39 is 39.9 Å². The molecule has 130 valence electrons. The van der Waals surface area contributed by atoms with Crippen LogP contribution in [0.5, 0.6) is 11.5 Å². The van der Waals surface area contributed by atoms with Crippen molar-refractivity contribution in [1.82, 2.24) is 4.72 Å². The van der Waals surface area contributed by atoms with E-state index in [0.717, 1.165) is 18.4 Å². The Morgan fingerprint density at radius 1 is 1.35 bits per heavy atom. The van der Waals surface area contributed by atoms with Crippen LogP contribution in [0.1, 0.15) is 25.5 Å². The topological polar surface area (TPSA) is 84.9 Å². The Morgan fingerprint density at radius 3 is 2.48 bits per heavy atom. The minimum atomic E-state index is -4.89. The SMILES string of the molecule is CC1(C)Oc2ccc(OC(F)(F)F)cc2[C@@H](NS(C)(=O)=O)[C@@H]1O. The van der Waals surface area contributed by atoms with Crippen molar-refractivity contribution < 1.29 is 36.2 Å². The van der Waals surface area contributed by atoms with E-state index in [2.05, 4.69) is 9.46 Å². The lowest BCUT2D eigenvalue weighted by Crippen LogP contribution is -2.53. The largest absolute Gasteiger partial charge is 0.573 e. The summed E-state index contributed by atoms with van der Waals surface area (Å²) in [6, 6.07) is 2.11. The zero-order valence-corrected chi connectivity index (χ0v) is 13.3. The highest BCUT2D eigenvalue weighted by Crippen LogP contribution is 2.42. The fourth-order valence-electron chi connectivity index (χ4n) is 2.33. The average molecular weight is 355 g/mol. The molecule has 0 aromatic heterocycles. The normalized spacial score (nSPS) is 23.8. The van der Waals surface area contributed by atoms with Crippen LogP contribution in [0.4, 0.5) is 13.2 Å². The molecule has 1 aromatic rings. The minimum absolute atomic E-state index is 0.0593. The minimum Gasteiger partial charge on any atom is -0.485 e. The number of rotatable bonds is 3. The molecule has 10 heteroatoms. The van der Waals surface area contributed by atoms with Gasteiger partial charge in [-0.2, -0.15) is 0 Å². The molecule has 1 aliphatic rings. The third-order valence-electron chi connectivity index (χ3n) is 3.29. The summed E-state index contributed by atoms with van der Waals surface area (Å²) in [5.74, 6) is -0.372. The van der Waals surface area contributed by atoms with E-state index in [-0.39, 0.29) is 11.3 Å². The van der Waals surface area contributed by atoms with E-state index in [1.165, 1.54) is 19.9 Å². The molecule has 0 radical (unpaired) electrons. The number of alkyl halides is 3. The van der Waals surface area contributed by atoms with Gasteiger partial charge >= 0.3 is 6.36 Å². The van der Waals surface area contributed by atoms with Crippen LogP contribution in [0, 0.1) is 0 Å². The number of hydrogen-bond acceptors (Lipinski definition) is 5. The number of aliphatic hydroxyl groups excluding tert-OH is 1. The highest BCUT2D eigenvalue weighted by atomic mass is 32.2. The number of nitrogens with one attached hydrogen (secondary N) is 1. The number of benzene rings is 1. The van der Waals surface area contributed by atoms with Crippen molar-refractivity contribution in [3.05, 3.63) is 23.8 Å².